The lowest BCUT2D eigenvalue weighted by Crippen LogP contribution is -2.54. The fourth-order valence-corrected chi connectivity index (χ4v) is 5.55. The van der Waals surface area contributed by atoms with Crippen molar-refractivity contribution < 1.29 is 22.7 Å². The summed E-state index contributed by atoms with van der Waals surface area (Å²) in [6.07, 6.45) is 6.72. The van der Waals surface area contributed by atoms with Crippen LogP contribution < -0.4 is 10.6 Å². The van der Waals surface area contributed by atoms with Crippen LogP contribution in [0.15, 0.2) is 0 Å². The molecule has 8 heteroatoms. The van der Waals surface area contributed by atoms with Gasteiger partial charge in [-0.05, 0) is 25.7 Å². The van der Waals surface area contributed by atoms with Gasteiger partial charge in [0.25, 0.3) is 0 Å². The van der Waals surface area contributed by atoms with Gasteiger partial charge in [0.2, 0.25) is 0 Å². The zero-order valence-corrected chi connectivity index (χ0v) is 15.1. The molecule has 3 rings (SSSR count). The highest BCUT2D eigenvalue weighted by Gasteiger charge is 2.44. The number of carbonyl (C=O) groups is 1. The van der Waals surface area contributed by atoms with Gasteiger partial charge in [-0.2, -0.15) is 0 Å². The normalized spacial score (nSPS) is 32.8. The van der Waals surface area contributed by atoms with Crippen LogP contribution in [0.1, 0.15) is 44.9 Å². The van der Waals surface area contributed by atoms with Crippen LogP contribution in [0.2, 0.25) is 0 Å². The van der Waals surface area contributed by atoms with Gasteiger partial charge in [0.15, 0.2) is 9.84 Å². The maximum absolute atomic E-state index is 12.3. The molecule has 1 spiro atoms. The molecule has 1 aliphatic carbocycles. The van der Waals surface area contributed by atoms with Gasteiger partial charge in [-0.25, -0.2) is 13.2 Å². The Labute approximate surface area is 143 Å². The van der Waals surface area contributed by atoms with E-state index in [1.54, 1.807) is 0 Å². The minimum Gasteiger partial charge on any atom is -0.378 e. The van der Waals surface area contributed by atoms with Crippen LogP contribution in [0.4, 0.5) is 4.79 Å². The average molecular weight is 360 g/mol. The fraction of sp³-hybridized carbons (Fsp3) is 0.938. The van der Waals surface area contributed by atoms with Gasteiger partial charge < -0.3 is 20.1 Å². The highest BCUT2D eigenvalue weighted by atomic mass is 32.2. The van der Waals surface area contributed by atoms with Crippen molar-refractivity contribution in [3.8, 4) is 0 Å². The summed E-state index contributed by atoms with van der Waals surface area (Å²) in [7, 11) is -3.19. The van der Waals surface area contributed by atoms with Crippen molar-refractivity contribution in [1.82, 2.24) is 10.6 Å². The molecule has 2 atom stereocenters. The zero-order valence-electron chi connectivity index (χ0n) is 14.3. The Morgan fingerprint density at radius 3 is 2.58 bits per heavy atom. The monoisotopic (exact) mass is 360 g/mol. The first-order chi connectivity index (χ1) is 11.3. The van der Waals surface area contributed by atoms with Gasteiger partial charge >= 0.3 is 6.03 Å². The van der Waals surface area contributed by atoms with Gasteiger partial charge in [-0.15, -0.1) is 0 Å². The van der Waals surface area contributed by atoms with Crippen LogP contribution >= 0.6 is 0 Å². The first-order valence-electron chi connectivity index (χ1n) is 8.80. The van der Waals surface area contributed by atoms with Gasteiger partial charge in [-0.3, -0.25) is 0 Å². The highest BCUT2D eigenvalue weighted by molar-refractivity contribution is 7.92. The molecule has 2 unspecified atom stereocenters. The van der Waals surface area contributed by atoms with Crippen LogP contribution in [0.3, 0.4) is 0 Å². The quantitative estimate of drug-likeness (QED) is 0.779. The Kier molecular flexibility index (Phi) is 5.09. The molecule has 0 radical (unpaired) electrons. The van der Waals surface area contributed by atoms with Crippen molar-refractivity contribution in [3.63, 3.8) is 0 Å². The number of sulfone groups is 1. The average Bonchev–Trinajstić information content (AvgIpc) is 3.15. The summed E-state index contributed by atoms with van der Waals surface area (Å²) in [4.78, 5) is 12.3. The van der Waals surface area contributed by atoms with Crippen molar-refractivity contribution in [3.05, 3.63) is 0 Å². The predicted molar refractivity (Wildman–Crippen MR) is 89.7 cm³/mol. The molecular formula is C16H28N2O5S. The maximum Gasteiger partial charge on any atom is 0.315 e. The number of rotatable bonds is 4. The molecule has 7 nitrogen and oxygen atoms in total. The lowest BCUT2D eigenvalue weighted by molar-refractivity contribution is -0.0878. The molecule has 2 aliphatic heterocycles. The molecular weight excluding hydrogens is 332 g/mol. The Bertz CT molecular complexity index is 565. The summed E-state index contributed by atoms with van der Waals surface area (Å²) >= 11 is 0. The third-order valence-electron chi connectivity index (χ3n) is 5.77. The van der Waals surface area contributed by atoms with Crippen LogP contribution in [0.5, 0.6) is 0 Å². The molecule has 2 N–H and O–H groups in total. The maximum atomic E-state index is 12.3. The molecule has 0 aromatic carbocycles. The highest BCUT2D eigenvalue weighted by Crippen LogP contribution is 2.36. The van der Waals surface area contributed by atoms with Crippen LogP contribution in [-0.2, 0) is 19.3 Å². The van der Waals surface area contributed by atoms with Crippen molar-refractivity contribution in [2.45, 2.75) is 61.3 Å². The smallest absolute Gasteiger partial charge is 0.315 e. The summed E-state index contributed by atoms with van der Waals surface area (Å²) < 4.78 is 34.8. The Hall–Kier alpha value is -0.860. The van der Waals surface area contributed by atoms with E-state index in [0.717, 1.165) is 32.1 Å². The molecule has 1 saturated carbocycles. The van der Waals surface area contributed by atoms with Crippen molar-refractivity contribution in [2.24, 2.45) is 0 Å². The number of nitrogens with one attached hydrogen (secondary N) is 2. The summed E-state index contributed by atoms with van der Waals surface area (Å²) in [5.74, 6) is 0. The van der Waals surface area contributed by atoms with Gasteiger partial charge in [0.1, 0.15) is 0 Å². The second-order valence-corrected chi connectivity index (χ2v) is 9.92. The molecule has 0 bridgehead atoms. The minimum absolute atomic E-state index is 0.0400. The van der Waals surface area contributed by atoms with E-state index >= 15 is 0 Å². The number of hydrogen-bond donors (Lipinski definition) is 2. The van der Waals surface area contributed by atoms with E-state index in [0.29, 0.717) is 32.7 Å². The topological polar surface area (TPSA) is 93.7 Å². The Balaban J connectivity index is 1.52. The molecule has 0 aromatic heterocycles. The molecule has 24 heavy (non-hydrogen) atoms. The standard InChI is InChI=1S/C16H28N2O5S/c1-24(20,21)16(5-2-3-6-16)11-17-14(19)18-13-4-8-23-15(10-13)7-9-22-12-15/h13H,2-12H2,1H3,(H2,17,18,19). The Morgan fingerprint density at radius 1 is 1.21 bits per heavy atom. The Morgan fingerprint density at radius 2 is 1.96 bits per heavy atom. The van der Waals surface area contributed by atoms with Crippen molar-refractivity contribution in [1.29, 1.82) is 0 Å². The van der Waals surface area contributed by atoms with Gasteiger partial charge in [0, 0.05) is 38.5 Å². The summed E-state index contributed by atoms with van der Waals surface area (Å²) in [6.45, 7) is 2.09. The third-order valence-corrected chi connectivity index (χ3v) is 7.89. The molecule has 3 aliphatic rings. The number of urea groups is 1. The first kappa shape index (κ1) is 17.9. The van der Waals surface area contributed by atoms with E-state index in [9.17, 15) is 13.2 Å². The minimum atomic E-state index is -3.19. The lowest BCUT2D eigenvalue weighted by Gasteiger charge is -2.37. The SMILES string of the molecule is CS(=O)(=O)C1(CNC(=O)NC2CCOC3(CCOC3)C2)CCCC1. The number of amides is 2. The third kappa shape index (κ3) is 3.70. The molecule has 2 amide bonds. The molecule has 0 aromatic rings. The number of ether oxygens (including phenoxy) is 2. The number of carbonyl (C=O) groups excluding carboxylic acids is 1. The summed E-state index contributed by atoms with van der Waals surface area (Å²) in [6, 6.07) is -0.246. The molecule has 3 fully saturated rings. The van der Waals surface area contributed by atoms with Crippen LogP contribution in [0.25, 0.3) is 0 Å². The second kappa shape index (κ2) is 6.80. The van der Waals surface area contributed by atoms with E-state index in [4.69, 9.17) is 9.47 Å². The fourth-order valence-electron chi connectivity index (χ4n) is 4.19. The predicted octanol–water partition coefficient (Wildman–Crippen LogP) is 0.981. The van der Waals surface area contributed by atoms with Crippen LogP contribution in [-0.4, -0.2) is 63.5 Å². The largest absolute Gasteiger partial charge is 0.378 e. The zero-order chi connectivity index (χ0) is 17.3. The summed E-state index contributed by atoms with van der Waals surface area (Å²) in [5, 5.41) is 5.78. The van der Waals surface area contributed by atoms with E-state index in [1.807, 2.05) is 0 Å². The number of hydrogen-bond acceptors (Lipinski definition) is 5. The first-order valence-corrected chi connectivity index (χ1v) is 10.7. The van der Waals surface area contributed by atoms with E-state index in [-0.39, 0.29) is 24.2 Å². The molecule has 138 valence electrons. The lowest BCUT2D eigenvalue weighted by atomic mass is 9.90. The second-order valence-electron chi connectivity index (χ2n) is 7.51. The summed E-state index contributed by atoms with van der Waals surface area (Å²) in [5.41, 5.74) is -0.254. The van der Waals surface area contributed by atoms with Crippen molar-refractivity contribution >= 4 is 15.9 Å². The van der Waals surface area contributed by atoms with E-state index < -0.39 is 14.6 Å². The van der Waals surface area contributed by atoms with Gasteiger partial charge in [0.05, 0.1) is 17.0 Å². The molecule has 2 saturated heterocycles. The van der Waals surface area contributed by atoms with Crippen LogP contribution in [0, 0.1) is 0 Å². The van der Waals surface area contributed by atoms with E-state index in [1.165, 1.54) is 6.26 Å². The van der Waals surface area contributed by atoms with Gasteiger partial charge in [-0.1, -0.05) is 12.8 Å². The molecule has 2 heterocycles. The van der Waals surface area contributed by atoms with E-state index in [2.05, 4.69) is 10.6 Å². The van der Waals surface area contributed by atoms with Crippen molar-refractivity contribution in [2.75, 3.05) is 32.6 Å².